The van der Waals surface area contributed by atoms with Crippen LogP contribution in [0.1, 0.15) is 49.7 Å². The van der Waals surface area contributed by atoms with Crippen molar-refractivity contribution >= 4 is 23.4 Å². The average Bonchev–Trinajstić information content (AvgIpc) is 3.47. The zero-order valence-electron chi connectivity index (χ0n) is 22.5. The van der Waals surface area contributed by atoms with Crippen LogP contribution in [-0.2, 0) is 22.6 Å². The number of halogens is 1. The highest BCUT2D eigenvalue weighted by Gasteiger charge is 2.32. The Hall–Kier alpha value is -3.51. The molecule has 1 aliphatic carbocycles. The van der Waals surface area contributed by atoms with Crippen molar-refractivity contribution in [2.24, 2.45) is 0 Å². The predicted molar refractivity (Wildman–Crippen MR) is 154 cm³/mol. The number of amides is 2. The van der Waals surface area contributed by atoms with Crippen molar-refractivity contribution in [3.8, 4) is 11.5 Å². The molecule has 0 aromatic heterocycles. The first-order chi connectivity index (χ1) is 19.0. The lowest BCUT2D eigenvalue weighted by molar-refractivity contribution is -0.141. The zero-order valence-corrected chi connectivity index (χ0v) is 23.2. The Morgan fingerprint density at radius 2 is 1.67 bits per heavy atom. The summed E-state index contributed by atoms with van der Waals surface area (Å²) < 4.78 is 11.2. The second kappa shape index (κ2) is 14.6. The van der Waals surface area contributed by atoms with Crippen LogP contribution in [0.25, 0.3) is 0 Å². The molecule has 3 aromatic carbocycles. The summed E-state index contributed by atoms with van der Waals surface area (Å²) in [4.78, 5) is 29.2. The van der Waals surface area contributed by atoms with Gasteiger partial charge in [-0.3, -0.25) is 9.59 Å². The van der Waals surface area contributed by atoms with E-state index in [1.54, 1.807) is 24.1 Å². The van der Waals surface area contributed by atoms with E-state index in [4.69, 9.17) is 21.1 Å². The second-order valence-corrected chi connectivity index (χ2v) is 10.4. The lowest BCUT2D eigenvalue weighted by Gasteiger charge is -2.32. The third-order valence-electron chi connectivity index (χ3n) is 7.08. The lowest BCUT2D eigenvalue weighted by Crippen LogP contribution is -2.52. The minimum Gasteiger partial charge on any atom is -0.497 e. The van der Waals surface area contributed by atoms with E-state index < -0.39 is 6.04 Å². The first kappa shape index (κ1) is 28.5. The minimum atomic E-state index is -0.635. The molecule has 39 heavy (non-hydrogen) atoms. The molecule has 2 amide bonds. The highest BCUT2D eigenvalue weighted by atomic mass is 35.5. The summed E-state index contributed by atoms with van der Waals surface area (Å²) in [5.41, 5.74) is 1.92. The van der Waals surface area contributed by atoms with Crippen LogP contribution in [0.4, 0.5) is 0 Å². The summed E-state index contributed by atoms with van der Waals surface area (Å²) in [6.07, 6.45) is 5.43. The van der Waals surface area contributed by atoms with Gasteiger partial charge in [0.2, 0.25) is 11.8 Å². The smallest absolute Gasteiger partial charge is 0.243 e. The third-order valence-corrected chi connectivity index (χ3v) is 7.33. The number of hydrogen-bond acceptors (Lipinski definition) is 4. The monoisotopic (exact) mass is 548 g/mol. The fraction of sp³-hybridized carbons (Fsp3) is 0.375. The standard InChI is InChI=1S/C32H37ClN2O4/c1-38-29-14-7-11-25(21-29)23-35(31(36)15-8-20-39-28-18-16-26(33)17-19-28)30(22-24-9-3-2-4-10-24)32(37)34-27-12-5-6-13-27/h2-4,7,9-11,14,16-19,21,27,30H,5-6,8,12-13,15,20,22-23H2,1H3,(H,34,37)/t30-/m0/s1. The largest absolute Gasteiger partial charge is 0.497 e. The Balaban J connectivity index is 1.52. The molecule has 1 N–H and O–H groups in total. The number of hydrogen-bond donors (Lipinski definition) is 1. The molecule has 0 unspecified atom stereocenters. The summed E-state index contributed by atoms with van der Waals surface area (Å²) in [5, 5.41) is 3.89. The van der Waals surface area contributed by atoms with Gasteiger partial charge in [0.1, 0.15) is 17.5 Å². The molecule has 0 spiro atoms. The van der Waals surface area contributed by atoms with Gasteiger partial charge in [0, 0.05) is 30.5 Å². The Morgan fingerprint density at radius 3 is 2.38 bits per heavy atom. The molecule has 0 heterocycles. The lowest BCUT2D eigenvalue weighted by atomic mass is 10.0. The van der Waals surface area contributed by atoms with E-state index in [0.717, 1.165) is 36.8 Å². The number of benzene rings is 3. The van der Waals surface area contributed by atoms with Crippen molar-refractivity contribution in [3.05, 3.63) is 95.0 Å². The van der Waals surface area contributed by atoms with Gasteiger partial charge in [0.25, 0.3) is 0 Å². The highest BCUT2D eigenvalue weighted by Crippen LogP contribution is 2.22. The molecular weight excluding hydrogens is 512 g/mol. The summed E-state index contributed by atoms with van der Waals surface area (Å²) >= 11 is 5.96. The van der Waals surface area contributed by atoms with Crippen molar-refractivity contribution in [1.29, 1.82) is 0 Å². The quantitative estimate of drug-likeness (QED) is 0.258. The maximum absolute atomic E-state index is 13.8. The van der Waals surface area contributed by atoms with Gasteiger partial charge >= 0.3 is 0 Å². The van der Waals surface area contributed by atoms with Crippen LogP contribution in [0.3, 0.4) is 0 Å². The maximum Gasteiger partial charge on any atom is 0.243 e. The van der Waals surface area contributed by atoms with Crippen molar-refractivity contribution < 1.29 is 19.1 Å². The summed E-state index contributed by atoms with van der Waals surface area (Å²) in [5.74, 6) is 1.24. The molecule has 0 aliphatic heterocycles. The van der Waals surface area contributed by atoms with Gasteiger partial charge in [-0.2, -0.15) is 0 Å². The maximum atomic E-state index is 13.8. The van der Waals surface area contributed by atoms with Crippen LogP contribution in [0.5, 0.6) is 11.5 Å². The first-order valence-corrected chi connectivity index (χ1v) is 14.0. The number of rotatable bonds is 13. The van der Waals surface area contributed by atoms with E-state index in [-0.39, 0.29) is 24.3 Å². The van der Waals surface area contributed by atoms with Crippen molar-refractivity contribution in [3.63, 3.8) is 0 Å². The number of ether oxygens (including phenoxy) is 2. The molecule has 0 bridgehead atoms. The van der Waals surface area contributed by atoms with Crippen LogP contribution in [0, 0.1) is 0 Å². The SMILES string of the molecule is COc1cccc(CN(C(=O)CCCOc2ccc(Cl)cc2)[C@@H](Cc2ccccc2)C(=O)NC2CCCC2)c1. The first-order valence-electron chi connectivity index (χ1n) is 13.7. The van der Waals surface area contributed by atoms with E-state index in [1.165, 1.54) is 0 Å². The Kier molecular flexibility index (Phi) is 10.7. The predicted octanol–water partition coefficient (Wildman–Crippen LogP) is 6.21. The fourth-order valence-corrected chi connectivity index (χ4v) is 5.10. The number of methoxy groups -OCH3 is 1. The number of carbonyl (C=O) groups is 2. The molecule has 0 radical (unpaired) electrons. The Bertz CT molecular complexity index is 1200. The van der Waals surface area contributed by atoms with E-state index >= 15 is 0 Å². The van der Waals surface area contributed by atoms with Crippen LogP contribution in [0.15, 0.2) is 78.9 Å². The number of nitrogens with one attached hydrogen (secondary N) is 1. The van der Waals surface area contributed by atoms with E-state index in [9.17, 15) is 9.59 Å². The van der Waals surface area contributed by atoms with E-state index in [0.29, 0.717) is 42.5 Å². The molecule has 1 atom stereocenters. The van der Waals surface area contributed by atoms with Gasteiger partial charge in [0.05, 0.1) is 13.7 Å². The molecule has 1 fully saturated rings. The van der Waals surface area contributed by atoms with Crippen LogP contribution in [-0.4, -0.2) is 42.5 Å². The topological polar surface area (TPSA) is 67.9 Å². The van der Waals surface area contributed by atoms with Gasteiger partial charge in [-0.15, -0.1) is 0 Å². The Morgan fingerprint density at radius 1 is 0.949 bits per heavy atom. The molecule has 1 aliphatic rings. The number of carbonyl (C=O) groups excluding carboxylic acids is 2. The molecular formula is C32H37ClN2O4. The Labute approximate surface area is 236 Å². The van der Waals surface area contributed by atoms with Gasteiger partial charge < -0.3 is 19.7 Å². The van der Waals surface area contributed by atoms with Crippen molar-refractivity contribution in [2.45, 2.75) is 63.6 Å². The summed E-state index contributed by atoms with van der Waals surface area (Å²) in [6.45, 7) is 0.696. The van der Waals surface area contributed by atoms with Gasteiger partial charge in [0.15, 0.2) is 0 Å². The molecule has 7 heteroatoms. The van der Waals surface area contributed by atoms with Crippen molar-refractivity contribution in [1.82, 2.24) is 10.2 Å². The minimum absolute atomic E-state index is 0.0833. The van der Waals surface area contributed by atoms with Gasteiger partial charge in [-0.1, -0.05) is 66.9 Å². The van der Waals surface area contributed by atoms with Crippen LogP contribution in [0.2, 0.25) is 5.02 Å². The summed E-state index contributed by atoms with van der Waals surface area (Å²) in [6, 6.07) is 24.2. The molecule has 0 saturated heterocycles. The second-order valence-electron chi connectivity index (χ2n) is 9.97. The average molecular weight is 549 g/mol. The van der Waals surface area contributed by atoms with Crippen LogP contribution >= 0.6 is 11.6 Å². The van der Waals surface area contributed by atoms with E-state index in [2.05, 4.69) is 5.32 Å². The third kappa shape index (κ3) is 8.75. The molecule has 6 nitrogen and oxygen atoms in total. The van der Waals surface area contributed by atoms with E-state index in [1.807, 2.05) is 66.7 Å². The van der Waals surface area contributed by atoms with Crippen molar-refractivity contribution in [2.75, 3.05) is 13.7 Å². The molecule has 3 aromatic rings. The number of nitrogens with zero attached hydrogens (tertiary/aromatic N) is 1. The van der Waals surface area contributed by atoms with Crippen LogP contribution < -0.4 is 14.8 Å². The highest BCUT2D eigenvalue weighted by molar-refractivity contribution is 6.30. The normalized spacial score (nSPS) is 14.0. The summed E-state index contributed by atoms with van der Waals surface area (Å²) in [7, 11) is 1.62. The molecule has 1 saturated carbocycles. The fourth-order valence-electron chi connectivity index (χ4n) is 4.98. The van der Waals surface area contributed by atoms with Gasteiger partial charge in [-0.25, -0.2) is 0 Å². The molecule has 4 rings (SSSR count). The molecule has 206 valence electrons. The van der Waals surface area contributed by atoms with Gasteiger partial charge in [-0.05, 0) is 66.8 Å². The zero-order chi connectivity index (χ0) is 27.5.